The van der Waals surface area contributed by atoms with Crippen LogP contribution in [-0.2, 0) is 4.79 Å². The number of phenolic OH excluding ortho intramolecular Hbond substituents is 1. The topological polar surface area (TPSA) is 77.8 Å². The number of carboxylic acids is 1. The van der Waals surface area contributed by atoms with E-state index in [4.69, 9.17) is 16.7 Å². The van der Waals surface area contributed by atoms with Gasteiger partial charge in [0.05, 0.1) is 0 Å². The third-order valence-electron chi connectivity index (χ3n) is 2.24. The predicted molar refractivity (Wildman–Crippen MR) is 55.2 cm³/mol. The number of phenols is 1. The SMILES string of the molecule is Cc1cc(Cl)c(C)c(O)c1C(O)C(=O)O. The average Bonchev–Trinajstić information content (AvgIpc) is 2.14. The minimum Gasteiger partial charge on any atom is -0.507 e. The Labute approximate surface area is 91.7 Å². The normalized spacial score (nSPS) is 12.5. The average molecular weight is 231 g/mol. The highest BCUT2D eigenvalue weighted by molar-refractivity contribution is 6.31. The molecular weight excluding hydrogens is 220 g/mol. The number of hydrogen-bond acceptors (Lipinski definition) is 3. The lowest BCUT2D eigenvalue weighted by molar-refractivity contribution is -0.147. The largest absolute Gasteiger partial charge is 0.507 e. The van der Waals surface area contributed by atoms with Crippen LogP contribution in [-0.4, -0.2) is 21.3 Å². The number of halogens is 1. The highest BCUT2D eigenvalue weighted by Crippen LogP contribution is 2.35. The fraction of sp³-hybridized carbons (Fsp3) is 0.300. The first kappa shape index (κ1) is 11.8. The first-order valence-corrected chi connectivity index (χ1v) is 4.63. The summed E-state index contributed by atoms with van der Waals surface area (Å²) in [5.74, 6) is -1.68. The van der Waals surface area contributed by atoms with Crippen LogP contribution in [0.1, 0.15) is 22.8 Å². The summed E-state index contributed by atoms with van der Waals surface area (Å²) in [5.41, 5.74) is 0.792. The number of aromatic hydroxyl groups is 1. The van der Waals surface area contributed by atoms with Crippen LogP contribution in [0.15, 0.2) is 6.07 Å². The Morgan fingerprint density at radius 1 is 1.47 bits per heavy atom. The van der Waals surface area contributed by atoms with Crippen LogP contribution in [0.2, 0.25) is 5.02 Å². The summed E-state index contributed by atoms with van der Waals surface area (Å²) in [5, 5.41) is 28.0. The highest BCUT2D eigenvalue weighted by Gasteiger charge is 2.24. The molecule has 1 aromatic carbocycles. The first-order chi connectivity index (χ1) is 6.86. The number of hydrogen-bond donors (Lipinski definition) is 3. The molecule has 0 spiro atoms. The Morgan fingerprint density at radius 2 is 2.00 bits per heavy atom. The second-order valence-corrected chi connectivity index (χ2v) is 3.71. The molecule has 0 bridgehead atoms. The van der Waals surface area contributed by atoms with Gasteiger partial charge in [0.25, 0.3) is 0 Å². The van der Waals surface area contributed by atoms with Gasteiger partial charge in [-0.3, -0.25) is 0 Å². The molecule has 0 aliphatic heterocycles. The van der Waals surface area contributed by atoms with Crippen molar-refractivity contribution in [2.75, 3.05) is 0 Å². The fourth-order valence-electron chi connectivity index (χ4n) is 1.35. The number of aliphatic hydroxyl groups is 1. The molecule has 0 fully saturated rings. The molecule has 0 saturated heterocycles. The van der Waals surface area contributed by atoms with Gasteiger partial charge in [-0.15, -0.1) is 0 Å². The molecule has 82 valence electrons. The molecule has 0 aromatic heterocycles. The van der Waals surface area contributed by atoms with Crippen molar-refractivity contribution in [3.63, 3.8) is 0 Å². The fourth-order valence-corrected chi connectivity index (χ4v) is 1.60. The van der Waals surface area contributed by atoms with E-state index < -0.39 is 12.1 Å². The van der Waals surface area contributed by atoms with Crippen molar-refractivity contribution in [3.8, 4) is 5.75 Å². The molecule has 0 saturated carbocycles. The molecule has 1 rings (SSSR count). The summed E-state index contributed by atoms with van der Waals surface area (Å²) in [6.07, 6.45) is -1.74. The van der Waals surface area contributed by atoms with E-state index in [1.54, 1.807) is 13.8 Å². The van der Waals surface area contributed by atoms with Gasteiger partial charge in [-0.2, -0.15) is 0 Å². The van der Waals surface area contributed by atoms with E-state index in [1.807, 2.05) is 0 Å². The van der Waals surface area contributed by atoms with Gasteiger partial charge in [-0.1, -0.05) is 11.6 Å². The quantitative estimate of drug-likeness (QED) is 0.724. The van der Waals surface area contributed by atoms with Gasteiger partial charge >= 0.3 is 5.97 Å². The van der Waals surface area contributed by atoms with Crippen molar-refractivity contribution in [3.05, 3.63) is 27.8 Å². The van der Waals surface area contributed by atoms with Gasteiger partial charge in [0.15, 0.2) is 6.10 Å². The zero-order chi connectivity index (χ0) is 11.7. The van der Waals surface area contributed by atoms with Gasteiger partial charge in [-0.25, -0.2) is 4.79 Å². The first-order valence-electron chi connectivity index (χ1n) is 4.25. The van der Waals surface area contributed by atoms with Gasteiger partial charge in [0, 0.05) is 16.1 Å². The molecule has 1 unspecified atom stereocenters. The van der Waals surface area contributed by atoms with Crippen molar-refractivity contribution in [2.45, 2.75) is 20.0 Å². The predicted octanol–water partition coefficient (Wildman–Crippen LogP) is 1.78. The summed E-state index contributed by atoms with van der Waals surface area (Å²) in [6, 6.07) is 1.51. The molecular formula is C10H11ClO4. The highest BCUT2D eigenvalue weighted by atomic mass is 35.5. The van der Waals surface area contributed by atoms with Crippen molar-refractivity contribution < 1.29 is 20.1 Å². The maximum Gasteiger partial charge on any atom is 0.337 e. The van der Waals surface area contributed by atoms with Gasteiger partial charge in [0.1, 0.15) is 5.75 Å². The molecule has 0 aliphatic carbocycles. The Bertz CT molecular complexity index is 414. The Hall–Kier alpha value is -1.26. The summed E-state index contributed by atoms with van der Waals surface area (Å²) in [6.45, 7) is 3.13. The molecule has 0 radical (unpaired) electrons. The minimum absolute atomic E-state index is 0.00981. The second-order valence-electron chi connectivity index (χ2n) is 3.30. The smallest absolute Gasteiger partial charge is 0.337 e. The molecule has 0 aliphatic rings. The number of aliphatic hydroxyl groups excluding tert-OH is 1. The molecule has 0 amide bonds. The van der Waals surface area contributed by atoms with Crippen molar-refractivity contribution in [1.82, 2.24) is 0 Å². The van der Waals surface area contributed by atoms with E-state index in [0.29, 0.717) is 16.1 Å². The van der Waals surface area contributed by atoms with Crippen LogP contribution in [0, 0.1) is 13.8 Å². The third-order valence-corrected chi connectivity index (χ3v) is 2.64. The summed E-state index contributed by atoms with van der Waals surface area (Å²) >= 11 is 5.79. The van der Waals surface area contributed by atoms with Crippen LogP contribution >= 0.6 is 11.6 Å². The number of aliphatic carboxylic acids is 1. The number of carboxylic acid groups (broad SMARTS) is 1. The summed E-state index contributed by atoms with van der Waals surface area (Å²) in [4.78, 5) is 10.6. The van der Waals surface area contributed by atoms with Crippen LogP contribution in [0.3, 0.4) is 0 Å². The van der Waals surface area contributed by atoms with Crippen LogP contribution in [0.4, 0.5) is 0 Å². The lowest BCUT2D eigenvalue weighted by Gasteiger charge is -2.14. The zero-order valence-electron chi connectivity index (χ0n) is 8.28. The van der Waals surface area contributed by atoms with Crippen LogP contribution in [0.25, 0.3) is 0 Å². The lowest BCUT2D eigenvalue weighted by Crippen LogP contribution is -2.12. The van der Waals surface area contributed by atoms with Gasteiger partial charge in [-0.05, 0) is 25.5 Å². The maximum absolute atomic E-state index is 10.6. The van der Waals surface area contributed by atoms with Crippen molar-refractivity contribution >= 4 is 17.6 Å². The molecule has 5 heteroatoms. The van der Waals surface area contributed by atoms with E-state index >= 15 is 0 Å². The summed E-state index contributed by atoms with van der Waals surface area (Å²) in [7, 11) is 0. The van der Waals surface area contributed by atoms with Crippen molar-refractivity contribution in [2.24, 2.45) is 0 Å². The van der Waals surface area contributed by atoms with E-state index in [9.17, 15) is 15.0 Å². The number of aryl methyl sites for hydroxylation is 1. The van der Waals surface area contributed by atoms with Crippen LogP contribution in [0.5, 0.6) is 5.75 Å². The Balaban J connectivity index is 3.42. The molecule has 1 atom stereocenters. The van der Waals surface area contributed by atoms with Gasteiger partial charge < -0.3 is 15.3 Å². The third kappa shape index (κ3) is 2.06. The number of benzene rings is 1. The Kier molecular flexibility index (Phi) is 3.21. The van der Waals surface area contributed by atoms with Crippen molar-refractivity contribution in [1.29, 1.82) is 0 Å². The monoisotopic (exact) mass is 230 g/mol. The van der Waals surface area contributed by atoms with Gasteiger partial charge in [0.2, 0.25) is 0 Å². The van der Waals surface area contributed by atoms with E-state index in [0.717, 1.165) is 0 Å². The van der Waals surface area contributed by atoms with Crippen LogP contribution < -0.4 is 0 Å². The lowest BCUT2D eigenvalue weighted by atomic mass is 9.99. The number of rotatable bonds is 2. The Morgan fingerprint density at radius 3 is 2.47 bits per heavy atom. The molecule has 0 heterocycles. The minimum atomic E-state index is -1.74. The van der Waals surface area contributed by atoms with E-state index in [1.165, 1.54) is 6.07 Å². The molecule has 15 heavy (non-hydrogen) atoms. The standard InChI is InChI=1S/C10H11ClO4/c1-4-3-6(11)5(2)8(12)7(4)9(13)10(14)15/h3,9,12-13H,1-2H3,(H,14,15). The molecule has 3 N–H and O–H groups in total. The maximum atomic E-state index is 10.6. The second kappa shape index (κ2) is 4.08. The summed E-state index contributed by atoms with van der Waals surface area (Å²) < 4.78 is 0. The molecule has 1 aromatic rings. The van der Waals surface area contributed by atoms with E-state index in [-0.39, 0.29) is 11.3 Å². The molecule has 4 nitrogen and oxygen atoms in total. The van der Waals surface area contributed by atoms with E-state index in [2.05, 4.69) is 0 Å². The number of carbonyl (C=O) groups is 1. The zero-order valence-corrected chi connectivity index (χ0v) is 9.04.